The standard InChI is InChI=1S/C11H9Cl2N3O/c1-16-9(10(17)15-11(16)14)5-6-7(12)3-2-4-8(6)13/h2-5H,1H3,(H2,14,15,17)/b9-5-. The van der Waals surface area contributed by atoms with Crippen LogP contribution in [0.2, 0.25) is 10.0 Å². The maximum atomic E-state index is 11.6. The molecule has 1 aliphatic heterocycles. The van der Waals surface area contributed by atoms with Crippen molar-refractivity contribution in [2.45, 2.75) is 0 Å². The molecule has 1 aliphatic rings. The number of halogens is 2. The highest BCUT2D eigenvalue weighted by atomic mass is 35.5. The van der Waals surface area contributed by atoms with E-state index in [4.69, 9.17) is 28.9 Å². The first-order valence-corrected chi connectivity index (χ1v) is 5.54. The third kappa shape index (κ3) is 2.14. The van der Waals surface area contributed by atoms with Gasteiger partial charge in [0, 0.05) is 22.7 Å². The summed E-state index contributed by atoms with van der Waals surface area (Å²) >= 11 is 12.0. The third-order valence-corrected chi connectivity index (χ3v) is 3.08. The van der Waals surface area contributed by atoms with Gasteiger partial charge in [-0.1, -0.05) is 29.3 Å². The Bertz CT molecular complexity index is 531. The number of carbonyl (C=O) groups excluding carboxylic acids is 1. The predicted octanol–water partition coefficient (Wildman–Crippen LogP) is 2.12. The van der Waals surface area contributed by atoms with Crippen LogP contribution in [-0.2, 0) is 4.79 Å². The first-order chi connectivity index (χ1) is 8.00. The highest BCUT2D eigenvalue weighted by Crippen LogP contribution is 2.28. The average molecular weight is 270 g/mol. The molecule has 0 spiro atoms. The molecule has 0 unspecified atom stereocenters. The van der Waals surface area contributed by atoms with Gasteiger partial charge in [-0.15, -0.1) is 0 Å². The molecule has 0 bridgehead atoms. The lowest BCUT2D eigenvalue weighted by Crippen LogP contribution is -2.28. The summed E-state index contributed by atoms with van der Waals surface area (Å²) < 4.78 is 0. The molecule has 0 radical (unpaired) electrons. The van der Waals surface area contributed by atoms with Gasteiger partial charge in [0.25, 0.3) is 5.91 Å². The van der Waals surface area contributed by atoms with Crippen LogP contribution in [0.1, 0.15) is 5.56 Å². The van der Waals surface area contributed by atoms with Gasteiger partial charge >= 0.3 is 0 Å². The zero-order chi connectivity index (χ0) is 12.6. The number of hydrogen-bond acceptors (Lipinski definition) is 3. The van der Waals surface area contributed by atoms with Gasteiger partial charge < -0.3 is 10.6 Å². The molecule has 0 atom stereocenters. The summed E-state index contributed by atoms with van der Waals surface area (Å²) in [5.74, 6) is -0.245. The molecular weight excluding hydrogens is 261 g/mol. The normalized spacial score (nSPS) is 17.8. The van der Waals surface area contributed by atoms with Crippen LogP contribution in [0, 0.1) is 0 Å². The van der Waals surface area contributed by atoms with Crippen LogP contribution in [0.5, 0.6) is 0 Å². The number of nitrogens with two attached hydrogens (primary N) is 1. The van der Waals surface area contributed by atoms with E-state index < -0.39 is 5.91 Å². The van der Waals surface area contributed by atoms with Crippen LogP contribution in [0.15, 0.2) is 28.9 Å². The highest BCUT2D eigenvalue weighted by molar-refractivity contribution is 6.37. The highest BCUT2D eigenvalue weighted by Gasteiger charge is 2.24. The van der Waals surface area contributed by atoms with Crippen LogP contribution in [0.3, 0.4) is 0 Å². The summed E-state index contributed by atoms with van der Waals surface area (Å²) in [4.78, 5) is 16.7. The van der Waals surface area contributed by atoms with Crippen molar-refractivity contribution in [1.29, 1.82) is 0 Å². The molecule has 1 heterocycles. The molecule has 1 aromatic rings. The van der Waals surface area contributed by atoms with Gasteiger partial charge in [-0.2, -0.15) is 4.99 Å². The fraction of sp³-hybridized carbons (Fsp3) is 0.0909. The van der Waals surface area contributed by atoms with E-state index in [2.05, 4.69) is 4.99 Å². The van der Waals surface area contributed by atoms with E-state index in [1.807, 2.05) is 0 Å². The van der Waals surface area contributed by atoms with Gasteiger partial charge in [-0.3, -0.25) is 4.79 Å². The first-order valence-electron chi connectivity index (χ1n) is 4.78. The molecule has 1 amide bonds. The van der Waals surface area contributed by atoms with Crippen LogP contribution < -0.4 is 5.73 Å². The molecule has 1 aromatic carbocycles. The van der Waals surface area contributed by atoms with Gasteiger partial charge in [-0.05, 0) is 18.2 Å². The number of aliphatic imine (C=N–C) groups is 1. The number of nitrogens with zero attached hydrogens (tertiary/aromatic N) is 2. The zero-order valence-electron chi connectivity index (χ0n) is 8.95. The number of likely N-dealkylation sites (N-methyl/N-ethyl adjacent to an activating group) is 1. The van der Waals surface area contributed by atoms with E-state index in [0.717, 1.165) is 0 Å². The van der Waals surface area contributed by atoms with Crippen molar-refractivity contribution in [3.63, 3.8) is 0 Å². The molecule has 4 nitrogen and oxygen atoms in total. The molecule has 0 saturated carbocycles. The number of amides is 1. The number of rotatable bonds is 1. The SMILES string of the molecule is CN1C(N)=NC(=O)/C1=C/c1c(Cl)cccc1Cl. The lowest BCUT2D eigenvalue weighted by Gasteiger charge is -2.11. The summed E-state index contributed by atoms with van der Waals surface area (Å²) in [6, 6.07) is 5.13. The molecule has 88 valence electrons. The number of guanidine groups is 1. The molecule has 0 fully saturated rings. The Morgan fingerprint density at radius 3 is 2.41 bits per heavy atom. The quantitative estimate of drug-likeness (QED) is 0.795. The van der Waals surface area contributed by atoms with Gasteiger partial charge in [0.15, 0.2) is 0 Å². The molecule has 0 aliphatic carbocycles. The minimum atomic E-state index is -0.402. The number of carbonyl (C=O) groups is 1. The number of benzene rings is 1. The van der Waals surface area contributed by atoms with Gasteiger partial charge in [0.1, 0.15) is 5.70 Å². The smallest absolute Gasteiger partial charge is 0.296 e. The molecular formula is C11H9Cl2N3O. The maximum absolute atomic E-state index is 11.6. The van der Waals surface area contributed by atoms with Crippen molar-refractivity contribution in [3.05, 3.63) is 39.5 Å². The van der Waals surface area contributed by atoms with E-state index in [1.54, 1.807) is 31.3 Å². The van der Waals surface area contributed by atoms with Crippen LogP contribution in [0.4, 0.5) is 0 Å². The van der Waals surface area contributed by atoms with Crippen molar-refractivity contribution < 1.29 is 4.79 Å². The Balaban J connectivity index is 2.48. The van der Waals surface area contributed by atoms with Crippen molar-refractivity contribution in [3.8, 4) is 0 Å². The Kier molecular flexibility index (Phi) is 3.09. The van der Waals surface area contributed by atoms with Crippen molar-refractivity contribution >= 4 is 41.1 Å². The second kappa shape index (κ2) is 4.39. The third-order valence-electron chi connectivity index (χ3n) is 2.42. The van der Waals surface area contributed by atoms with Crippen LogP contribution in [-0.4, -0.2) is 23.8 Å². The first kappa shape index (κ1) is 12.0. The van der Waals surface area contributed by atoms with Crippen LogP contribution >= 0.6 is 23.2 Å². The molecule has 0 saturated heterocycles. The van der Waals surface area contributed by atoms with Crippen molar-refractivity contribution in [1.82, 2.24) is 4.90 Å². The monoisotopic (exact) mass is 269 g/mol. The second-order valence-electron chi connectivity index (χ2n) is 3.50. The Morgan fingerprint density at radius 2 is 1.94 bits per heavy atom. The van der Waals surface area contributed by atoms with E-state index in [0.29, 0.717) is 21.3 Å². The van der Waals surface area contributed by atoms with Gasteiger partial charge in [-0.25, -0.2) is 0 Å². The van der Waals surface area contributed by atoms with Gasteiger partial charge in [0.05, 0.1) is 0 Å². The molecule has 2 rings (SSSR count). The Hall–Kier alpha value is -1.52. The summed E-state index contributed by atoms with van der Waals surface area (Å²) in [7, 11) is 1.65. The van der Waals surface area contributed by atoms with Gasteiger partial charge in [0.2, 0.25) is 5.96 Å². The summed E-state index contributed by atoms with van der Waals surface area (Å²) in [5, 5.41) is 0.938. The molecule has 2 N–H and O–H groups in total. The average Bonchev–Trinajstić information content (AvgIpc) is 2.49. The largest absolute Gasteiger partial charge is 0.369 e. The second-order valence-corrected chi connectivity index (χ2v) is 4.31. The number of hydrogen-bond donors (Lipinski definition) is 1. The zero-order valence-corrected chi connectivity index (χ0v) is 10.5. The molecule has 0 aromatic heterocycles. The topological polar surface area (TPSA) is 58.7 Å². The Morgan fingerprint density at radius 1 is 1.35 bits per heavy atom. The van der Waals surface area contributed by atoms with Crippen molar-refractivity contribution in [2.75, 3.05) is 7.05 Å². The summed E-state index contributed by atoms with van der Waals surface area (Å²) in [5.41, 5.74) is 6.46. The minimum Gasteiger partial charge on any atom is -0.369 e. The van der Waals surface area contributed by atoms with E-state index in [9.17, 15) is 4.79 Å². The lowest BCUT2D eigenvalue weighted by atomic mass is 10.2. The fourth-order valence-corrected chi connectivity index (χ4v) is 1.95. The maximum Gasteiger partial charge on any atom is 0.296 e. The minimum absolute atomic E-state index is 0.157. The van der Waals surface area contributed by atoms with Crippen molar-refractivity contribution in [2.24, 2.45) is 10.7 Å². The molecule has 6 heteroatoms. The predicted molar refractivity (Wildman–Crippen MR) is 68.8 cm³/mol. The van der Waals surface area contributed by atoms with E-state index in [1.165, 1.54) is 4.90 Å². The van der Waals surface area contributed by atoms with E-state index in [-0.39, 0.29) is 5.96 Å². The summed E-state index contributed by atoms with van der Waals surface area (Å²) in [6.07, 6.45) is 1.58. The fourth-order valence-electron chi connectivity index (χ4n) is 1.45. The summed E-state index contributed by atoms with van der Waals surface area (Å²) in [6.45, 7) is 0. The Labute approximate surface area is 108 Å². The van der Waals surface area contributed by atoms with E-state index >= 15 is 0 Å². The lowest BCUT2D eigenvalue weighted by molar-refractivity contribution is -0.114. The van der Waals surface area contributed by atoms with Crippen LogP contribution in [0.25, 0.3) is 6.08 Å². The molecule has 17 heavy (non-hydrogen) atoms.